The summed E-state index contributed by atoms with van der Waals surface area (Å²) in [6, 6.07) is 12.0. The maximum absolute atomic E-state index is 12.7. The molecule has 0 aromatic heterocycles. The van der Waals surface area contributed by atoms with Gasteiger partial charge in [-0.1, -0.05) is 26.0 Å². The minimum atomic E-state index is -0.342. The summed E-state index contributed by atoms with van der Waals surface area (Å²) in [7, 11) is 0. The lowest BCUT2D eigenvalue weighted by Gasteiger charge is -2.26. The fourth-order valence-electron chi connectivity index (χ4n) is 3.49. The van der Waals surface area contributed by atoms with Crippen LogP contribution in [0, 0.1) is 5.92 Å². The molecule has 2 aromatic carbocycles. The molecule has 0 saturated heterocycles. The molecule has 3 amide bonds. The van der Waals surface area contributed by atoms with E-state index < -0.39 is 0 Å². The van der Waals surface area contributed by atoms with Gasteiger partial charge in [0.15, 0.2) is 11.5 Å². The van der Waals surface area contributed by atoms with Crippen LogP contribution in [0.3, 0.4) is 0 Å². The highest BCUT2D eigenvalue weighted by molar-refractivity contribution is 6.22. The van der Waals surface area contributed by atoms with E-state index in [2.05, 4.69) is 5.32 Å². The first-order valence-electron chi connectivity index (χ1n) is 10.1. The van der Waals surface area contributed by atoms with Gasteiger partial charge in [0.1, 0.15) is 12.7 Å². The van der Waals surface area contributed by atoms with Crippen molar-refractivity contribution in [2.24, 2.45) is 5.92 Å². The van der Waals surface area contributed by atoms with Crippen molar-refractivity contribution in [3.8, 4) is 11.5 Å². The van der Waals surface area contributed by atoms with Crippen LogP contribution in [0.1, 0.15) is 51.3 Å². The largest absolute Gasteiger partial charge is 0.486 e. The monoisotopic (exact) mass is 408 g/mol. The van der Waals surface area contributed by atoms with E-state index in [0.717, 1.165) is 6.42 Å². The van der Waals surface area contributed by atoms with Gasteiger partial charge in [-0.05, 0) is 42.7 Å². The lowest BCUT2D eigenvalue weighted by molar-refractivity contribution is 0.0647. The molecule has 4 rings (SSSR count). The normalized spacial score (nSPS) is 17.3. The molecule has 2 aliphatic rings. The molecule has 1 N–H and O–H groups in total. The number of nitrogens with zero attached hydrogens (tertiary/aromatic N) is 1. The molecule has 156 valence electrons. The van der Waals surface area contributed by atoms with Gasteiger partial charge < -0.3 is 14.8 Å². The van der Waals surface area contributed by atoms with Crippen molar-refractivity contribution in [1.82, 2.24) is 10.2 Å². The summed E-state index contributed by atoms with van der Waals surface area (Å²) >= 11 is 0. The summed E-state index contributed by atoms with van der Waals surface area (Å²) in [5, 5.41) is 2.81. The van der Waals surface area contributed by atoms with Gasteiger partial charge in [-0.2, -0.15) is 0 Å². The van der Waals surface area contributed by atoms with Gasteiger partial charge in [-0.3, -0.25) is 19.3 Å². The van der Waals surface area contributed by atoms with E-state index in [1.165, 1.54) is 11.0 Å². The number of nitrogens with one attached hydrogen (secondary N) is 1. The Morgan fingerprint density at radius 1 is 1.10 bits per heavy atom. The zero-order valence-corrected chi connectivity index (χ0v) is 17.0. The summed E-state index contributed by atoms with van der Waals surface area (Å²) in [5.41, 5.74) is 0.959. The number of para-hydroxylation sites is 2. The van der Waals surface area contributed by atoms with Gasteiger partial charge in [-0.25, -0.2) is 0 Å². The van der Waals surface area contributed by atoms with Gasteiger partial charge in [0, 0.05) is 12.1 Å². The summed E-state index contributed by atoms with van der Waals surface area (Å²) < 4.78 is 11.5. The standard InChI is InChI=1S/C23H24N2O5/c1-14(2)9-10-25-22(27)17-8-7-15(11-18(17)23(25)28)21(26)24-12-16-13-29-19-5-3-4-6-20(19)30-16/h3-8,11,14,16H,9-10,12-13H2,1-2H3,(H,24,26). The van der Waals surface area contributed by atoms with Crippen molar-refractivity contribution in [3.63, 3.8) is 0 Å². The second-order valence-electron chi connectivity index (χ2n) is 7.91. The number of fused-ring (bicyclic) bond motifs is 2. The average molecular weight is 408 g/mol. The van der Waals surface area contributed by atoms with Crippen LogP contribution < -0.4 is 14.8 Å². The van der Waals surface area contributed by atoms with Gasteiger partial charge in [0.2, 0.25) is 0 Å². The van der Waals surface area contributed by atoms with E-state index in [1.54, 1.807) is 12.1 Å². The lowest BCUT2D eigenvalue weighted by Crippen LogP contribution is -2.40. The summed E-state index contributed by atoms with van der Waals surface area (Å²) in [6.45, 7) is 5.06. The van der Waals surface area contributed by atoms with Gasteiger partial charge >= 0.3 is 0 Å². The minimum absolute atomic E-state index is 0.262. The topological polar surface area (TPSA) is 84.9 Å². The lowest BCUT2D eigenvalue weighted by atomic mass is 10.1. The molecule has 0 bridgehead atoms. The summed E-state index contributed by atoms with van der Waals surface area (Å²) in [6.07, 6.45) is 0.429. The van der Waals surface area contributed by atoms with E-state index in [1.807, 2.05) is 38.1 Å². The molecular formula is C23H24N2O5. The van der Waals surface area contributed by atoms with E-state index in [4.69, 9.17) is 9.47 Å². The second-order valence-corrected chi connectivity index (χ2v) is 7.91. The van der Waals surface area contributed by atoms with Gasteiger partial charge in [0.25, 0.3) is 17.7 Å². The smallest absolute Gasteiger partial charge is 0.261 e. The maximum atomic E-state index is 12.7. The number of hydrogen-bond acceptors (Lipinski definition) is 5. The number of hydrogen-bond donors (Lipinski definition) is 1. The molecule has 0 radical (unpaired) electrons. The van der Waals surface area contributed by atoms with Crippen LogP contribution in [-0.4, -0.2) is 48.4 Å². The minimum Gasteiger partial charge on any atom is -0.486 e. The average Bonchev–Trinajstić information content (AvgIpc) is 2.99. The predicted octanol–water partition coefficient (Wildman–Crippen LogP) is 2.90. The van der Waals surface area contributed by atoms with Crippen molar-refractivity contribution < 1.29 is 23.9 Å². The van der Waals surface area contributed by atoms with E-state index in [0.29, 0.717) is 41.7 Å². The van der Waals surface area contributed by atoms with E-state index in [9.17, 15) is 14.4 Å². The molecule has 7 heteroatoms. The Morgan fingerprint density at radius 3 is 2.60 bits per heavy atom. The Kier molecular flexibility index (Phi) is 5.44. The first-order chi connectivity index (χ1) is 14.4. The van der Waals surface area contributed by atoms with Crippen LogP contribution in [0.5, 0.6) is 11.5 Å². The van der Waals surface area contributed by atoms with Gasteiger partial charge in [0.05, 0.1) is 17.7 Å². The zero-order valence-electron chi connectivity index (χ0n) is 17.0. The highest BCUT2D eigenvalue weighted by Gasteiger charge is 2.35. The van der Waals surface area contributed by atoms with Crippen LogP contribution in [0.15, 0.2) is 42.5 Å². The number of imide groups is 1. The molecular weight excluding hydrogens is 384 g/mol. The molecule has 2 heterocycles. The molecule has 0 fully saturated rings. The molecule has 0 saturated carbocycles. The third kappa shape index (κ3) is 3.87. The van der Waals surface area contributed by atoms with E-state index in [-0.39, 0.29) is 35.9 Å². The second kappa shape index (κ2) is 8.18. The zero-order chi connectivity index (χ0) is 21.3. The fraction of sp³-hybridized carbons (Fsp3) is 0.348. The van der Waals surface area contributed by atoms with Crippen molar-refractivity contribution in [1.29, 1.82) is 0 Å². The Morgan fingerprint density at radius 2 is 1.83 bits per heavy atom. The Bertz CT molecular complexity index is 1000. The van der Waals surface area contributed by atoms with Crippen LogP contribution >= 0.6 is 0 Å². The first kappa shape index (κ1) is 19.9. The number of carbonyl (C=O) groups is 3. The molecule has 30 heavy (non-hydrogen) atoms. The summed E-state index contributed by atoms with van der Waals surface area (Å²) in [4.78, 5) is 39.0. The van der Waals surface area contributed by atoms with Crippen molar-refractivity contribution in [2.45, 2.75) is 26.4 Å². The highest BCUT2D eigenvalue weighted by Crippen LogP contribution is 2.30. The van der Waals surface area contributed by atoms with Crippen molar-refractivity contribution in [3.05, 3.63) is 59.2 Å². The number of ether oxygens (including phenoxy) is 2. The number of benzene rings is 2. The Labute approximate surface area is 175 Å². The molecule has 2 aliphatic heterocycles. The van der Waals surface area contributed by atoms with Crippen LogP contribution in [0.25, 0.3) is 0 Å². The third-order valence-corrected chi connectivity index (χ3v) is 5.22. The van der Waals surface area contributed by atoms with Gasteiger partial charge in [-0.15, -0.1) is 0 Å². The number of carbonyl (C=O) groups excluding carboxylic acids is 3. The van der Waals surface area contributed by atoms with E-state index >= 15 is 0 Å². The molecule has 0 spiro atoms. The molecule has 0 aliphatic carbocycles. The molecule has 1 unspecified atom stereocenters. The first-order valence-corrected chi connectivity index (χ1v) is 10.1. The Hall–Kier alpha value is -3.35. The summed E-state index contributed by atoms with van der Waals surface area (Å²) in [5.74, 6) is 0.740. The van der Waals surface area contributed by atoms with Crippen LogP contribution in [0.2, 0.25) is 0 Å². The molecule has 2 aromatic rings. The number of rotatable bonds is 6. The SMILES string of the molecule is CC(C)CCN1C(=O)c2ccc(C(=O)NCC3COc4ccccc4O3)cc2C1=O. The van der Waals surface area contributed by atoms with Crippen LogP contribution in [-0.2, 0) is 0 Å². The van der Waals surface area contributed by atoms with Crippen LogP contribution in [0.4, 0.5) is 0 Å². The van der Waals surface area contributed by atoms with Crippen molar-refractivity contribution in [2.75, 3.05) is 19.7 Å². The quantitative estimate of drug-likeness (QED) is 0.743. The maximum Gasteiger partial charge on any atom is 0.261 e. The molecule has 7 nitrogen and oxygen atoms in total. The highest BCUT2D eigenvalue weighted by atomic mass is 16.6. The fourth-order valence-corrected chi connectivity index (χ4v) is 3.49. The Balaban J connectivity index is 1.40. The third-order valence-electron chi connectivity index (χ3n) is 5.22. The van der Waals surface area contributed by atoms with Crippen molar-refractivity contribution >= 4 is 17.7 Å². The number of amides is 3. The predicted molar refractivity (Wildman–Crippen MR) is 110 cm³/mol. The molecule has 1 atom stereocenters.